The van der Waals surface area contributed by atoms with Gasteiger partial charge in [-0.2, -0.15) is 0 Å². The van der Waals surface area contributed by atoms with Gasteiger partial charge in [0.25, 0.3) is 0 Å². The molecule has 0 saturated carbocycles. The van der Waals surface area contributed by atoms with Crippen LogP contribution in [0.5, 0.6) is 0 Å². The summed E-state index contributed by atoms with van der Waals surface area (Å²) in [5.41, 5.74) is 1.77. The molecule has 2 aliphatic heterocycles. The molecule has 0 aliphatic carbocycles. The number of piperidine rings is 1. The SMILES string of the molecule is CCOCCOCc1cccc(NC(=O)N2CCN(CC(=O)N3CCCCC3C)CC2)c1. The second-order valence-electron chi connectivity index (χ2n) is 8.58. The third-order valence-corrected chi connectivity index (χ3v) is 6.16. The molecule has 1 unspecified atom stereocenters. The van der Waals surface area contributed by atoms with Crippen molar-refractivity contribution >= 4 is 17.6 Å². The molecule has 1 N–H and O–H groups in total. The van der Waals surface area contributed by atoms with Gasteiger partial charge in [0.1, 0.15) is 0 Å². The minimum atomic E-state index is -0.102. The van der Waals surface area contributed by atoms with E-state index >= 15 is 0 Å². The topological polar surface area (TPSA) is 74.4 Å². The number of benzene rings is 1. The Morgan fingerprint density at radius 3 is 2.59 bits per heavy atom. The second-order valence-corrected chi connectivity index (χ2v) is 8.58. The van der Waals surface area contributed by atoms with Gasteiger partial charge in [-0.1, -0.05) is 12.1 Å². The molecule has 1 atom stereocenters. The van der Waals surface area contributed by atoms with Crippen molar-refractivity contribution in [3.05, 3.63) is 29.8 Å². The molecule has 3 rings (SSSR count). The molecule has 0 bridgehead atoms. The van der Waals surface area contributed by atoms with Crippen molar-refractivity contribution in [2.24, 2.45) is 0 Å². The number of anilines is 1. The summed E-state index contributed by atoms with van der Waals surface area (Å²) in [6, 6.07) is 7.96. The smallest absolute Gasteiger partial charge is 0.321 e. The lowest BCUT2D eigenvalue weighted by Crippen LogP contribution is -2.53. The number of carbonyl (C=O) groups excluding carboxylic acids is 2. The molecule has 0 spiro atoms. The number of hydrogen-bond acceptors (Lipinski definition) is 5. The molecule has 0 radical (unpaired) electrons. The van der Waals surface area contributed by atoms with Crippen molar-refractivity contribution in [2.45, 2.75) is 45.8 Å². The summed E-state index contributed by atoms with van der Waals surface area (Å²) in [6.07, 6.45) is 3.41. The fourth-order valence-electron chi connectivity index (χ4n) is 4.25. The van der Waals surface area contributed by atoms with Crippen LogP contribution < -0.4 is 5.32 Å². The minimum absolute atomic E-state index is 0.102. The number of carbonyl (C=O) groups is 2. The average molecular weight is 447 g/mol. The number of piperazine rings is 1. The van der Waals surface area contributed by atoms with E-state index in [1.165, 1.54) is 6.42 Å². The molecule has 0 aromatic heterocycles. The second kappa shape index (κ2) is 12.8. The number of likely N-dealkylation sites (tertiary alicyclic amines) is 1. The van der Waals surface area contributed by atoms with Crippen LogP contribution in [0.15, 0.2) is 24.3 Å². The van der Waals surface area contributed by atoms with E-state index in [-0.39, 0.29) is 11.9 Å². The molecule has 8 nitrogen and oxygen atoms in total. The van der Waals surface area contributed by atoms with Gasteiger partial charge in [0.15, 0.2) is 0 Å². The van der Waals surface area contributed by atoms with Crippen LogP contribution in [0.1, 0.15) is 38.7 Å². The predicted molar refractivity (Wildman–Crippen MR) is 125 cm³/mol. The van der Waals surface area contributed by atoms with Crippen molar-refractivity contribution in [3.8, 4) is 0 Å². The van der Waals surface area contributed by atoms with Crippen molar-refractivity contribution in [1.82, 2.24) is 14.7 Å². The summed E-state index contributed by atoms with van der Waals surface area (Å²) in [7, 11) is 0. The molecule has 3 amide bonds. The highest BCUT2D eigenvalue weighted by atomic mass is 16.5. The van der Waals surface area contributed by atoms with Crippen LogP contribution in [0.2, 0.25) is 0 Å². The van der Waals surface area contributed by atoms with Crippen molar-refractivity contribution in [3.63, 3.8) is 0 Å². The van der Waals surface area contributed by atoms with Crippen LogP contribution in [-0.2, 0) is 20.9 Å². The van der Waals surface area contributed by atoms with Gasteiger partial charge < -0.3 is 24.6 Å². The highest BCUT2D eigenvalue weighted by Crippen LogP contribution is 2.17. The normalized spacial score (nSPS) is 19.8. The summed E-state index contributed by atoms with van der Waals surface area (Å²) in [4.78, 5) is 31.4. The summed E-state index contributed by atoms with van der Waals surface area (Å²) in [5.74, 6) is 0.218. The molecule has 2 heterocycles. The average Bonchev–Trinajstić information content (AvgIpc) is 2.80. The molecule has 2 saturated heterocycles. The zero-order valence-electron chi connectivity index (χ0n) is 19.6. The molecule has 2 aliphatic rings. The van der Waals surface area contributed by atoms with E-state index in [2.05, 4.69) is 17.1 Å². The molecule has 1 aromatic rings. The van der Waals surface area contributed by atoms with E-state index < -0.39 is 0 Å². The predicted octanol–water partition coefficient (Wildman–Crippen LogP) is 2.79. The lowest BCUT2D eigenvalue weighted by atomic mass is 10.0. The van der Waals surface area contributed by atoms with Gasteiger partial charge in [-0.25, -0.2) is 4.79 Å². The quantitative estimate of drug-likeness (QED) is 0.591. The highest BCUT2D eigenvalue weighted by Gasteiger charge is 2.27. The van der Waals surface area contributed by atoms with Crippen LogP contribution in [-0.4, -0.2) is 91.8 Å². The Bertz CT molecular complexity index is 736. The lowest BCUT2D eigenvalue weighted by molar-refractivity contribution is -0.136. The molecule has 1 aromatic carbocycles. The standard InChI is InChI=1S/C24H38N4O4/c1-3-31-15-16-32-19-21-8-6-9-22(17-21)25-24(30)27-13-11-26(12-14-27)18-23(29)28-10-5-4-7-20(28)2/h6,8-9,17,20H,3-5,7,10-16,18-19H2,1-2H3,(H,25,30). The van der Waals surface area contributed by atoms with Crippen molar-refractivity contribution in [1.29, 1.82) is 0 Å². The van der Waals surface area contributed by atoms with E-state index in [0.717, 1.165) is 43.7 Å². The first-order chi connectivity index (χ1) is 15.6. The first-order valence-corrected chi connectivity index (χ1v) is 11.9. The first kappa shape index (κ1) is 24.5. The number of amides is 3. The van der Waals surface area contributed by atoms with E-state index in [4.69, 9.17) is 9.47 Å². The van der Waals surface area contributed by atoms with Crippen LogP contribution >= 0.6 is 0 Å². The number of urea groups is 1. The maximum absolute atomic E-state index is 12.7. The maximum atomic E-state index is 12.7. The summed E-state index contributed by atoms with van der Waals surface area (Å²) >= 11 is 0. The largest absolute Gasteiger partial charge is 0.379 e. The lowest BCUT2D eigenvalue weighted by Gasteiger charge is -2.38. The highest BCUT2D eigenvalue weighted by molar-refractivity contribution is 5.89. The third-order valence-electron chi connectivity index (χ3n) is 6.16. The molecule has 178 valence electrons. The summed E-state index contributed by atoms with van der Waals surface area (Å²) in [5, 5.41) is 2.99. The third kappa shape index (κ3) is 7.46. The van der Waals surface area contributed by atoms with Crippen LogP contribution in [0.25, 0.3) is 0 Å². The molecule has 2 fully saturated rings. The van der Waals surface area contributed by atoms with E-state index in [0.29, 0.717) is 52.1 Å². The fourth-order valence-corrected chi connectivity index (χ4v) is 4.25. The van der Waals surface area contributed by atoms with Crippen LogP contribution in [0.4, 0.5) is 10.5 Å². The number of rotatable bonds is 9. The fraction of sp³-hybridized carbons (Fsp3) is 0.667. The Kier molecular flexibility index (Phi) is 9.77. The van der Waals surface area contributed by atoms with Gasteiger partial charge in [0, 0.05) is 51.1 Å². The Balaban J connectivity index is 1.39. The molecular formula is C24H38N4O4. The molecule has 8 heteroatoms. The van der Waals surface area contributed by atoms with E-state index in [1.807, 2.05) is 41.0 Å². The zero-order chi connectivity index (χ0) is 22.8. The first-order valence-electron chi connectivity index (χ1n) is 11.9. The van der Waals surface area contributed by atoms with Gasteiger partial charge in [0.05, 0.1) is 26.4 Å². The van der Waals surface area contributed by atoms with Crippen molar-refractivity contribution in [2.75, 3.05) is 64.4 Å². The molecule has 32 heavy (non-hydrogen) atoms. The monoisotopic (exact) mass is 446 g/mol. The van der Waals surface area contributed by atoms with Crippen LogP contribution in [0.3, 0.4) is 0 Å². The Hall–Kier alpha value is -2.16. The van der Waals surface area contributed by atoms with E-state index in [9.17, 15) is 9.59 Å². The number of nitrogens with zero attached hydrogens (tertiary/aromatic N) is 3. The summed E-state index contributed by atoms with van der Waals surface area (Å²) in [6.45, 7) is 10.4. The van der Waals surface area contributed by atoms with E-state index in [1.54, 1.807) is 0 Å². The Labute approximate surface area is 191 Å². The van der Waals surface area contributed by atoms with Gasteiger partial charge in [-0.3, -0.25) is 9.69 Å². The zero-order valence-corrected chi connectivity index (χ0v) is 19.6. The van der Waals surface area contributed by atoms with Gasteiger partial charge in [-0.05, 0) is 50.8 Å². The van der Waals surface area contributed by atoms with Gasteiger partial charge in [0.2, 0.25) is 5.91 Å². The van der Waals surface area contributed by atoms with Gasteiger partial charge in [-0.15, -0.1) is 0 Å². The number of hydrogen-bond donors (Lipinski definition) is 1. The molecular weight excluding hydrogens is 408 g/mol. The van der Waals surface area contributed by atoms with Crippen molar-refractivity contribution < 1.29 is 19.1 Å². The number of ether oxygens (including phenoxy) is 2. The maximum Gasteiger partial charge on any atom is 0.321 e. The number of nitrogens with one attached hydrogen (secondary N) is 1. The van der Waals surface area contributed by atoms with Crippen LogP contribution in [0, 0.1) is 0 Å². The Morgan fingerprint density at radius 2 is 1.84 bits per heavy atom. The summed E-state index contributed by atoms with van der Waals surface area (Å²) < 4.78 is 10.9. The minimum Gasteiger partial charge on any atom is -0.379 e. The Morgan fingerprint density at radius 1 is 1.06 bits per heavy atom. The van der Waals surface area contributed by atoms with Gasteiger partial charge >= 0.3 is 6.03 Å².